The maximum atomic E-state index is 11.6. The van der Waals surface area contributed by atoms with E-state index in [0.717, 1.165) is 0 Å². The van der Waals surface area contributed by atoms with E-state index in [1.807, 2.05) is 0 Å². The van der Waals surface area contributed by atoms with Crippen LogP contribution in [0.1, 0.15) is 26.2 Å². The molecular weight excluding hydrogens is 373 g/mol. The van der Waals surface area contributed by atoms with E-state index in [1.54, 1.807) is 14.0 Å². The molecule has 1 fully saturated rings. The van der Waals surface area contributed by atoms with Crippen LogP contribution in [0.15, 0.2) is 0 Å². The van der Waals surface area contributed by atoms with Crippen LogP contribution in [0.5, 0.6) is 0 Å². The first kappa shape index (κ1) is 19.9. The third-order valence-corrected chi connectivity index (χ3v) is 4.15. The standard InChI is InChI=1S/C13H21BBrNO7/c1-3-21-10(18)6-4-5-9(17)13(15)14-22-11(19)7-16(2)8-12(20)23-14/h9,13,17H,3-8H2,1-2H3/t9-,13-/m0/s1. The van der Waals surface area contributed by atoms with E-state index in [9.17, 15) is 19.5 Å². The zero-order valence-corrected chi connectivity index (χ0v) is 14.8. The topological polar surface area (TPSA) is 102 Å². The number of hydrogen-bond donors (Lipinski definition) is 1. The summed E-state index contributed by atoms with van der Waals surface area (Å²) < 4.78 is 14.1. The summed E-state index contributed by atoms with van der Waals surface area (Å²) in [4.78, 5) is 36.0. The van der Waals surface area contributed by atoms with Crippen molar-refractivity contribution in [3.8, 4) is 0 Å². The van der Waals surface area contributed by atoms with Gasteiger partial charge < -0.3 is 19.2 Å². The van der Waals surface area contributed by atoms with Crippen molar-refractivity contribution in [2.24, 2.45) is 0 Å². The lowest BCUT2D eigenvalue weighted by Gasteiger charge is -2.26. The molecule has 130 valence electrons. The lowest BCUT2D eigenvalue weighted by atomic mass is 9.79. The van der Waals surface area contributed by atoms with Crippen molar-refractivity contribution in [1.29, 1.82) is 0 Å². The maximum absolute atomic E-state index is 11.6. The van der Waals surface area contributed by atoms with Gasteiger partial charge in [0.25, 0.3) is 0 Å². The van der Waals surface area contributed by atoms with Crippen molar-refractivity contribution in [3.63, 3.8) is 0 Å². The van der Waals surface area contributed by atoms with Gasteiger partial charge in [-0.15, -0.1) is 0 Å². The summed E-state index contributed by atoms with van der Waals surface area (Å²) in [6, 6.07) is 0. The highest BCUT2D eigenvalue weighted by Gasteiger charge is 2.41. The quantitative estimate of drug-likeness (QED) is 0.363. The molecule has 10 heteroatoms. The molecule has 0 amide bonds. The lowest BCUT2D eigenvalue weighted by molar-refractivity contribution is -0.146. The number of carbonyl (C=O) groups excluding carboxylic acids is 3. The van der Waals surface area contributed by atoms with Crippen LogP contribution >= 0.6 is 15.9 Å². The Morgan fingerprint density at radius 2 is 1.96 bits per heavy atom. The van der Waals surface area contributed by atoms with Crippen LogP contribution in [0, 0.1) is 0 Å². The highest BCUT2D eigenvalue weighted by molar-refractivity contribution is 9.10. The van der Waals surface area contributed by atoms with Crippen LogP contribution in [0.3, 0.4) is 0 Å². The van der Waals surface area contributed by atoms with Gasteiger partial charge in [-0.05, 0) is 26.8 Å². The SMILES string of the molecule is CCOC(=O)CCC[C@H](O)[C@H](Br)B1OC(=O)CN(C)CC(=O)O1. The molecule has 1 heterocycles. The lowest BCUT2D eigenvalue weighted by Crippen LogP contribution is -2.49. The first-order valence-electron chi connectivity index (χ1n) is 7.38. The molecule has 0 saturated carbocycles. The first-order chi connectivity index (χ1) is 10.8. The number of esters is 1. The van der Waals surface area contributed by atoms with Crippen molar-refractivity contribution in [3.05, 3.63) is 0 Å². The number of carbonyl (C=O) groups is 3. The van der Waals surface area contributed by atoms with Gasteiger partial charge in [-0.25, -0.2) is 0 Å². The van der Waals surface area contributed by atoms with Gasteiger partial charge >= 0.3 is 25.0 Å². The van der Waals surface area contributed by atoms with Crippen LogP contribution < -0.4 is 0 Å². The van der Waals surface area contributed by atoms with Crippen LogP contribution in [0.4, 0.5) is 0 Å². The minimum Gasteiger partial charge on any atom is -0.497 e. The van der Waals surface area contributed by atoms with Gasteiger partial charge in [-0.3, -0.25) is 19.3 Å². The van der Waals surface area contributed by atoms with Gasteiger partial charge in [0.1, 0.15) is 4.73 Å². The molecule has 1 aliphatic heterocycles. The van der Waals surface area contributed by atoms with Crippen LogP contribution in [-0.2, 0) is 28.4 Å². The molecule has 1 saturated heterocycles. The van der Waals surface area contributed by atoms with E-state index in [4.69, 9.17) is 14.0 Å². The Bertz CT molecular complexity index is 417. The summed E-state index contributed by atoms with van der Waals surface area (Å²) >= 11 is 3.20. The van der Waals surface area contributed by atoms with Crippen LogP contribution in [-0.4, -0.2) is 72.6 Å². The van der Waals surface area contributed by atoms with Crippen LogP contribution in [0.25, 0.3) is 0 Å². The number of ether oxygens (including phenoxy) is 1. The fourth-order valence-corrected chi connectivity index (χ4v) is 2.49. The minimum atomic E-state index is -1.21. The smallest absolute Gasteiger partial charge is 0.497 e. The molecule has 1 aliphatic rings. The van der Waals surface area contributed by atoms with Gasteiger partial charge in [0.2, 0.25) is 0 Å². The molecule has 2 atom stereocenters. The molecule has 0 aromatic carbocycles. The maximum Gasteiger partial charge on any atom is 0.615 e. The molecule has 0 aliphatic carbocycles. The zero-order chi connectivity index (χ0) is 17.4. The molecule has 0 aromatic rings. The molecule has 0 aromatic heterocycles. The number of aliphatic hydroxyl groups excluding tert-OH is 1. The highest BCUT2D eigenvalue weighted by atomic mass is 79.9. The van der Waals surface area contributed by atoms with E-state index in [1.165, 1.54) is 4.90 Å². The average molecular weight is 394 g/mol. The fourth-order valence-electron chi connectivity index (χ4n) is 2.01. The van der Waals surface area contributed by atoms with Gasteiger partial charge in [0.15, 0.2) is 0 Å². The van der Waals surface area contributed by atoms with E-state index >= 15 is 0 Å². The number of alkyl halides is 1. The summed E-state index contributed by atoms with van der Waals surface area (Å²) in [5.41, 5.74) is 0. The predicted octanol–water partition coefficient (Wildman–Crippen LogP) is -0.0966. The normalized spacial score (nSPS) is 19.2. The molecule has 1 rings (SSSR count). The number of hydrogen-bond acceptors (Lipinski definition) is 8. The van der Waals surface area contributed by atoms with E-state index < -0.39 is 29.9 Å². The van der Waals surface area contributed by atoms with E-state index in [2.05, 4.69) is 15.9 Å². The Kier molecular flexibility index (Phi) is 8.57. The van der Waals surface area contributed by atoms with Crippen molar-refractivity contribution < 1.29 is 33.5 Å². The summed E-state index contributed by atoms with van der Waals surface area (Å²) in [6.07, 6.45) is -0.105. The monoisotopic (exact) mass is 393 g/mol. The fraction of sp³-hybridized carbons (Fsp3) is 0.769. The highest BCUT2D eigenvalue weighted by Crippen LogP contribution is 2.18. The van der Waals surface area contributed by atoms with Crippen molar-refractivity contribution in [2.45, 2.75) is 37.0 Å². The molecule has 8 nitrogen and oxygen atoms in total. The van der Waals surface area contributed by atoms with E-state index in [0.29, 0.717) is 13.0 Å². The summed E-state index contributed by atoms with van der Waals surface area (Å²) in [5, 5.41) is 10.1. The Labute approximate surface area is 143 Å². The predicted molar refractivity (Wildman–Crippen MR) is 84.6 cm³/mol. The number of rotatable bonds is 7. The molecular formula is C13H21BBrNO7. The van der Waals surface area contributed by atoms with E-state index in [-0.39, 0.29) is 31.9 Å². The number of halogens is 1. The Hall–Kier alpha value is -1.13. The zero-order valence-electron chi connectivity index (χ0n) is 13.2. The number of nitrogens with zero attached hydrogens (tertiary/aromatic N) is 1. The summed E-state index contributed by atoms with van der Waals surface area (Å²) in [5.74, 6) is -1.43. The second-order valence-corrected chi connectivity index (χ2v) is 6.29. The molecule has 23 heavy (non-hydrogen) atoms. The second kappa shape index (κ2) is 9.89. The van der Waals surface area contributed by atoms with Crippen molar-refractivity contribution in [1.82, 2.24) is 4.90 Å². The number of aliphatic hydroxyl groups is 1. The third kappa shape index (κ3) is 7.32. The summed E-state index contributed by atoms with van der Waals surface area (Å²) in [6.45, 7) is 1.95. The van der Waals surface area contributed by atoms with Crippen molar-refractivity contribution >= 4 is 41.0 Å². The molecule has 1 N–H and O–H groups in total. The molecule has 0 radical (unpaired) electrons. The second-order valence-electron chi connectivity index (χ2n) is 5.23. The summed E-state index contributed by atoms with van der Waals surface area (Å²) in [7, 11) is 0.389. The minimum absolute atomic E-state index is 0.0374. The van der Waals surface area contributed by atoms with Gasteiger partial charge in [0, 0.05) is 6.42 Å². The number of likely N-dealkylation sites (N-methyl/N-ethyl adjacent to an activating group) is 1. The molecule has 0 spiro atoms. The van der Waals surface area contributed by atoms with Gasteiger partial charge in [0.05, 0.1) is 25.8 Å². The third-order valence-electron chi connectivity index (χ3n) is 3.11. The first-order valence-corrected chi connectivity index (χ1v) is 8.30. The van der Waals surface area contributed by atoms with Crippen LogP contribution in [0.2, 0.25) is 0 Å². The molecule has 0 bridgehead atoms. The Balaban J connectivity index is 2.49. The van der Waals surface area contributed by atoms with Crippen molar-refractivity contribution in [2.75, 3.05) is 26.7 Å². The average Bonchev–Trinajstić information content (AvgIpc) is 2.44. The Morgan fingerprint density at radius 1 is 1.39 bits per heavy atom. The van der Waals surface area contributed by atoms with Gasteiger partial charge in [-0.1, -0.05) is 15.9 Å². The largest absolute Gasteiger partial charge is 0.615 e. The van der Waals surface area contributed by atoms with Gasteiger partial charge in [-0.2, -0.15) is 0 Å². The molecule has 0 unspecified atom stereocenters. The Morgan fingerprint density at radius 3 is 2.48 bits per heavy atom.